The third-order valence-electron chi connectivity index (χ3n) is 1.96. The van der Waals surface area contributed by atoms with Crippen molar-refractivity contribution in [2.45, 2.75) is 18.9 Å². The van der Waals surface area contributed by atoms with Gasteiger partial charge in [0.15, 0.2) is 0 Å². The maximum absolute atomic E-state index is 5.74. The van der Waals surface area contributed by atoms with Crippen LogP contribution < -0.4 is 5.84 Å². The Hall–Kier alpha value is -0.520. The Labute approximate surface area is 69.0 Å². The van der Waals surface area contributed by atoms with Gasteiger partial charge in [-0.1, -0.05) is 0 Å². The molecule has 0 saturated carbocycles. The van der Waals surface area contributed by atoms with E-state index < -0.39 is 0 Å². The molecule has 60 valence electrons. The van der Waals surface area contributed by atoms with Crippen LogP contribution in [0, 0.1) is 0 Å². The van der Waals surface area contributed by atoms with Crippen LogP contribution in [0.4, 0.5) is 0 Å². The van der Waals surface area contributed by atoms with Crippen LogP contribution in [0.25, 0.3) is 0 Å². The van der Waals surface area contributed by atoms with Crippen molar-refractivity contribution < 1.29 is 0 Å². The maximum atomic E-state index is 5.74. The topological polar surface area (TPSA) is 55.0 Å². The number of nitrogens with two attached hydrogens (primary N) is 1. The molecule has 1 aliphatic heterocycles. The van der Waals surface area contributed by atoms with E-state index in [1.807, 2.05) is 5.01 Å². The first-order chi connectivity index (χ1) is 5.38. The summed E-state index contributed by atoms with van der Waals surface area (Å²) < 4.78 is 0. The molecular weight excluding hydrogens is 160 g/mol. The Balaban J connectivity index is 2.16. The predicted molar refractivity (Wildman–Crippen MR) is 42.8 cm³/mol. The molecule has 0 bridgehead atoms. The monoisotopic (exact) mass is 170 g/mol. The summed E-state index contributed by atoms with van der Waals surface area (Å²) in [6, 6.07) is 0.322. The Morgan fingerprint density at radius 1 is 1.73 bits per heavy atom. The second-order valence-electron chi connectivity index (χ2n) is 2.67. The van der Waals surface area contributed by atoms with E-state index in [-0.39, 0.29) is 0 Å². The number of nitrogens with zero attached hydrogens (tertiary/aromatic N) is 3. The summed E-state index contributed by atoms with van der Waals surface area (Å²) in [4.78, 5) is 0. The van der Waals surface area contributed by atoms with Crippen molar-refractivity contribution in [1.82, 2.24) is 15.2 Å². The average molecular weight is 170 g/mol. The van der Waals surface area contributed by atoms with E-state index in [9.17, 15) is 0 Å². The second kappa shape index (κ2) is 2.84. The fourth-order valence-electron chi connectivity index (χ4n) is 1.38. The van der Waals surface area contributed by atoms with Crippen LogP contribution >= 0.6 is 11.3 Å². The number of hydrogen-bond donors (Lipinski definition) is 1. The lowest BCUT2D eigenvalue weighted by Gasteiger charge is -2.14. The van der Waals surface area contributed by atoms with Crippen molar-refractivity contribution >= 4 is 11.3 Å². The summed E-state index contributed by atoms with van der Waals surface area (Å²) in [6.07, 6.45) is 2.28. The lowest BCUT2D eigenvalue weighted by atomic mass is 10.2. The Kier molecular flexibility index (Phi) is 1.85. The molecule has 1 aromatic rings. The average Bonchev–Trinajstić information content (AvgIpc) is 2.55. The summed E-state index contributed by atoms with van der Waals surface area (Å²) >= 11 is 1.58. The molecule has 1 saturated heterocycles. The first kappa shape index (κ1) is 7.15. The summed E-state index contributed by atoms with van der Waals surface area (Å²) in [5.74, 6) is 5.74. The maximum Gasteiger partial charge on any atom is 0.135 e. The summed E-state index contributed by atoms with van der Waals surface area (Å²) in [7, 11) is 0. The van der Waals surface area contributed by atoms with Gasteiger partial charge < -0.3 is 0 Å². The molecule has 11 heavy (non-hydrogen) atoms. The molecule has 2 heterocycles. The molecule has 2 N–H and O–H groups in total. The van der Waals surface area contributed by atoms with E-state index in [0.717, 1.165) is 18.0 Å². The van der Waals surface area contributed by atoms with Crippen molar-refractivity contribution in [3.63, 3.8) is 0 Å². The van der Waals surface area contributed by atoms with Gasteiger partial charge in [-0.3, -0.25) is 5.84 Å². The summed E-state index contributed by atoms with van der Waals surface area (Å²) in [5, 5.41) is 10.7. The number of hydrazine groups is 1. The van der Waals surface area contributed by atoms with Gasteiger partial charge in [-0.15, -0.1) is 21.5 Å². The van der Waals surface area contributed by atoms with Gasteiger partial charge in [-0.25, -0.2) is 5.01 Å². The quantitative estimate of drug-likeness (QED) is 0.625. The Morgan fingerprint density at radius 2 is 2.64 bits per heavy atom. The van der Waals surface area contributed by atoms with Gasteiger partial charge in [0.25, 0.3) is 0 Å². The van der Waals surface area contributed by atoms with Crippen LogP contribution in [-0.2, 0) is 0 Å². The molecule has 1 aromatic heterocycles. The highest BCUT2D eigenvalue weighted by atomic mass is 32.1. The van der Waals surface area contributed by atoms with E-state index in [1.54, 1.807) is 16.8 Å². The third-order valence-corrected chi connectivity index (χ3v) is 2.75. The van der Waals surface area contributed by atoms with Crippen molar-refractivity contribution in [3.8, 4) is 0 Å². The zero-order chi connectivity index (χ0) is 7.68. The molecule has 1 fully saturated rings. The molecule has 0 aromatic carbocycles. The highest BCUT2D eigenvalue weighted by Crippen LogP contribution is 2.29. The largest absolute Gasteiger partial charge is 0.268 e. The minimum absolute atomic E-state index is 0.322. The van der Waals surface area contributed by atoms with Crippen LogP contribution in [0.5, 0.6) is 0 Å². The van der Waals surface area contributed by atoms with Gasteiger partial charge in [0.1, 0.15) is 10.5 Å². The van der Waals surface area contributed by atoms with E-state index in [0.29, 0.717) is 6.04 Å². The van der Waals surface area contributed by atoms with Crippen molar-refractivity contribution in [1.29, 1.82) is 0 Å². The van der Waals surface area contributed by atoms with E-state index in [4.69, 9.17) is 5.84 Å². The molecule has 0 amide bonds. The highest BCUT2D eigenvalue weighted by molar-refractivity contribution is 7.09. The zero-order valence-electron chi connectivity index (χ0n) is 6.10. The van der Waals surface area contributed by atoms with E-state index >= 15 is 0 Å². The molecule has 2 rings (SSSR count). The van der Waals surface area contributed by atoms with Gasteiger partial charge >= 0.3 is 0 Å². The SMILES string of the molecule is NN1CCCC1c1nncs1. The van der Waals surface area contributed by atoms with E-state index in [1.165, 1.54) is 6.42 Å². The standard InChI is InChI=1S/C6H10N4S/c7-10-3-1-2-5(10)6-9-8-4-11-6/h4-5H,1-3,7H2. The first-order valence-corrected chi connectivity index (χ1v) is 4.53. The molecular formula is C6H10N4S. The van der Waals surface area contributed by atoms with Crippen molar-refractivity contribution in [2.24, 2.45) is 5.84 Å². The van der Waals surface area contributed by atoms with Gasteiger partial charge in [-0.2, -0.15) is 0 Å². The second-order valence-corrected chi connectivity index (χ2v) is 3.54. The smallest absolute Gasteiger partial charge is 0.135 e. The first-order valence-electron chi connectivity index (χ1n) is 3.65. The number of hydrogen-bond acceptors (Lipinski definition) is 5. The molecule has 1 unspecified atom stereocenters. The fourth-order valence-corrected chi connectivity index (χ4v) is 2.09. The number of aromatic nitrogens is 2. The molecule has 1 atom stereocenters. The molecule has 4 nitrogen and oxygen atoms in total. The van der Waals surface area contributed by atoms with Crippen molar-refractivity contribution in [2.75, 3.05) is 6.54 Å². The van der Waals surface area contributed by atoms with Crippen LogP contribution in [-0.4, -0.2) is 21.8 Å². The Morgan fingerprint density at radius 3 is 3.18 bits per heavy atom. The van der Waals surface area contributed by atoms with Crippen LogP contribution in [0.3, 0.4) is 0 Å². The molecule has 0 spiro atoms. The molecule has 1 aliphatic rings. The normalized spacial score (nSPS) is 26.1. The van der Waals surface area contributed by atoms with Crippen molar-refractivity contribution in [3.05, 3.63) is 10.5 Å². The van der Waals surface area contributed by atoms with Gasteiger partial charge in [0.2, 0.25) is 0 Å². The minimum Gasteiger partial charge on any atom is -0.268 e. The van der Waals surface area contributed by atoms with Gasteiger partial charge in [0, 0.05) is 6.54 Å². The van der Waals surface area contributed by atoms with Gasteiger partial charge in [-0.05, 0) is 12.8 Å². The van der Waals surface area contributed by atoms with Gasteiger partial charge in [0.05, 0.1) is 6.04 Å². The van der Waals surface area contributed by atoms with Crippen LogP contribution in [0.15, 0.2) is 5.51 Å². The minimum atomic E-state index is 0.322. The predicted octanol–water partition coefficient (Wildman–Crippen LogP) is 0.549. The lowest BCUT2D eigenvalue weighted by Crippen LogP contribution is -2.30. The highest BCUT2D eigenvalue weighted by Gasteiger charge is 2.25. The van der Waals surface area contributed by atoms with Crippen LogP contribution in [0.2, 0.25) is 0 Å². The fraction of sp³-hybridized carbons (Fsp3) is 0.667. The molecule has 0 aliphatic carbocycles. The number of rotatable bonds is 1. The molecule has 5 heteroatoms. The molecule has 0 radical (unpaired) electrons. The Bertz CT molecular complexity index is 222. The summed E-state index contributed by atoms with van der Waals surface area (Å²) in [6.45, 7) is 0.976. The van der Waals surface area contributed by atoms with E-state index in [2.05, 4.69) is 10.2 Å². The lowest BCUT2D eigenvalue weighted by molar-refractivity contribution is 0.264. The van der Waals surface area contributed by atoms with Crippen LogP contribution in [0.1, 0.15) is 23.9 Å². The summed E-state index contributed by atoms with van der Waals surface area (Å²) in [5.41, 5.74) is 1.75. The zero-order valence-corrected chi connectivity index (χ0v) is 6.92. The third kappa shape index (κ3) is 1.26.